The van der Waals surface area contributed by atoms with Crippen molar-refractivity contribution in [2.75, 3.05) is 0 Å². The summed E-state index contributed by atoms with van der Waals surface area (Å²) >= 11 is 6.50. The molecule has 160 valence electrons. The number of fused-ring (bicyclic) bond motifs is 1. The second-order valence-electron chi connectivity index (χ2n) is 7.12. The van der Waals surface area contributed by atoms with Crippen LogP contribution in [0, 0.1) is 5.82 Å². The van der Waals surface area contributed by atoms with Gasteiger partial charge in [0.05, 0.1) is 11.7 Å². The molecule has 4 nitrogen and oxygen atoms in total. The minimum Gasteiger partial charge on any atom is -0.423 e. The van der Waals surface area contributed by atoms with E-state index in [1.807, 2.05) is 37.3 Å². The number of ether oxygens (including phenoxy) is 1. The van der Waals surface area contributed by atoms with Crippen LogP contribution in [-0.2, 0) is 4.79 Å². The minimum absolute atomic E-state index is 0.373. The van der Waals surface area contributed by atoms with Gasteiger partial charge in [0.2, 0.25) is 0 Å². The first-order valence-electron chi connectivity index (χ1n) is 10.1. The molecule has 0 aliphatic heterocycles. The van der Waals surface area contributed by atoms with Crippen LogP contribution in [0.4, 0.5) is 4.39 Å². The number of aromatic nitrogens is 2. The first-order chi connectivity index (χ1) is 15.5. The Hall–Kier alpha value is -3.70. The third-order valence-corrected chi connectivity index (χ3v) is 5.50. The Morgan fingerprint density at radius 1 is 1.16 bits per heavy atom. The van der Waals surface area contributed by atoms with E-state index in [-0.39, 0.29) is 5.82 Å². The molecule has 6 heteroatoms. The molecule has 1 aromatic heterocycles. The fourth-order valence-electron chi connectivity index (χ4n) is 3.73. The molecule has 0 bridgehead atoms. The molecule has 0 saturated heterocycles. The van der Waals surface area contributed by atoms with Gasteiger partial charge < -0.3 is 4.74 Å². The summed E-state index contributed by atoms with van der Waals surface area (Å²) < 4.78 is 19.7. The van der Waals surface area contributed by atoms with E-state index in [1.54, 1.807) is 24.4 Å². The Bertz CT molecular complexity index is 1360. The monoisotopic (exact) mass is 446 g/mol. The lowest BCUT2D eigenvalue weighted by Gasteiger charge is -2.19. The Kier molecular flexibility index (Phi) is 6.19. The number of nitrogens with one attached hydrogen (secondary N) is 1. The number of halogens is 2. The average molecular weight is 447 g/mol. The van der Waals surface area contributed by atoms with Gasteiger partial charge in [-0.25, -0.2) is 9.18 Å². The number of aromatic amines is 1. The van der Waals surface area contributed by atoms with Crippen LogP contribution in [0.1, 0.15) is 30.0 Å². The third-order valence-electron chi connectivity index (χ3n) is 5.17. The Morgan fingerprint density at radius 2 is 1.97 bits per heavy atom. The lowest BCUT2D eigenvalue weighted by Crippen LogP contribution is -2.06. The van der Waals surface area contributed by atoms with Crippen molar-refractivity contribution < 1.29 is 13.9 Å². The first kappa shape index (κ1) is 21.5. The lowest BCUT2D eigenvalue weighted by atomic mass is 9.87. The van der Waals surface area contributed by atoms with Crippen molar-refractivity contribution in [2.24, 2.45) is 0 Å². The van der Waals surface area contributed by atoms with Crippen LogP contribution >= 0.6 is 11.6 Å². The molecule has 0 aliphatic carbocycles. The number of hydrogen-bond acceptors (Lipinski definition) is 3. The smallest absolute Gasteiger partial charge is 0.335 e. The summed E-state index contributed by atoms with van der Waals surface area (Å²) in [6.45, 7) is 5.46. The van der Waals surface area contributed by atoms with Gasteiger partial charge in [0, 0.05) is 22.0 Å². The molecule has 1 N–H and O–H groups in total. The standard InChI is InChI=1S/C26H20ClFN2O2/c1-3-19(21-14-18(28)10-11-22(21)27)26(16-9-12-23-17(13-16)15-29-30-23)20-7-5-6-8-24(20)32-25(31)4-2/h4-15H,2-3H2,1H3,(H,29,30)/b26-19+. The number of carbonyl (C=O) groups excluding carboxylic acids is 1. The van der Waals surface area contributed by atoms with Crippen molar-refractivity contribution in [1.29, 1.82) is 0 Å². The second kappa shape index (κ2) is 9.20. The van der Waals surface area contributed by atoms with Crippen molar-refractivity contribution in [1.82, 2.24) is 10.2 Å². The normalized spacial score (nSPS) is 11.8. The molecule has 0 radical (unpaired) electrons. The average Bonchev–Trinajstić information content (AvgIpc) is 3.27. The van der Waals surface area contributed by atoms with Crippen molar-refractivity contribution >= 4 is 39.6 Å². The largest absolute Gasteiger partial charge is 0.423 e. The maximum Gasteiger partial charge on any atom is 0.335 e. The first-order valence-corrected chi connectivity index (χ1v) is 10.4. The van der Waals surface area contributed by atoms with Gasteiger partial charge in [0.15, 0.2) is 0 Å². The predicted molar refractivity (Wildman–Crippen MR) is 126 cm³/mol. The maximum atomic E-state index is 14.2. The van der Waals surface area contributed by atoms with E-state index in [4.69, 9.17) is 16.3 Å². The molecule has 0 amide bonds. The highest BCUT2D eigenvalue weighted by Crippen LogP contribution is 2.41. The van der Waals surface area contributed by atoms with E-state index in [9.17, 15) is 9.18 Å². The van der Waals surface area contributed by atoms with E-state index in [1.165, 1.54) is 12.1 Å². The number of para-hydroxylation sites is 1. The number of hydrogen-bond donors (Lipinski definition) is 1. The molecule has 0 atom stereocenters. The van der Waals surface area contributed by atoms with Gasteiger partial charge in [0.25, 0.3) is 0 Å². The van der Waals surface area contributed by atoms with Gasteiger partial charge >= 0.3 is 5.97 Å². The summed E-state index contributed by atoms with van der Waals surface area (Å²) in [4.78, 5) is 12.0. The van der Waals surface area contributed by atoms with Crippen LogP contribution in [0.15, 0.2) is 79.5 Å². The number of carbonyl (C=O) groups is 1. The number of benzene rings is 3. The molecule has 0 aliphatic rings. The summed E-state index contributed by atoms with van der Waals surface area (Å²) in [6.07, 6.45) is 3.41. The summed E-state index contributed by atoms with van der Waals surface area (Å²) in [7, 11) is 0. The number of nitrogens with zero attached hydrogens (tertiary/aromatic N) is 1. The lowest BCUT2D eigenvalue weighted by molar-refractivity contribution is -0.128. The zero-order valence-corrected chi connectivity index (χ0v) is 18.1. The van der Waals surface area contributed by atoms with Gasteiger partial charge in [0.1, 0.15) is 11.6 Å². The molecule has 0 spiro atoms. The second-order valence-corrected chi connectivity index (χ2v) is 7.53. The topological polar surface area (TPSA) is 55.0 Å². The third kappa shape index (κ3) is 4.20. The van der Waals surface area contributed by atoms with E-state index < -0.39 is 5.97 Å². The molecule has 0 fully saturated rings. The van der Waals surface area contributed by atoms with Gasteiger partial charge in [-0.2, -0.15) is 5.10 Å². The Balaban J connectivity index is 2.06. The number of rotatable bonds is 6. The van der Waals surface area contributed by atoms with E-state index >= 15 is 0 Å². The minimum atomic E-state index is -0.566. The van der Waals surface area contributed by atoms with Crippen LogP contribution in [-0.4, -0.2) is 16.2 Å². The highest BCUT2D eigenvalue weighted by atomic mass is 35.5. The van der Waals surface area contributed by atoms with Crippen LogP contribution in [0.3, 0.4) is 0 Å². The van der Waals surface area contributed by atoms with E-state index in [2.05, 4.69) is 16.8 Å². The quantitative estimate of drug-likeness (QED) is 0.153. The molecule has 0 saturated carbocycles. The van der Waals surface area contributed by atoms with Gasteiger partial charge in [-0.1, -0.05) is 49.4 Å². The van der Waals surface area contributed by atoms with Gasteiger partial charge in [-0.05, 0) is 65.1 Å². The Labute approximate surface area is 190 Å². The summed E-state index contributed by atoms with van der Waals surface area (Å²) in [5, 5.41) is 8.40. The van der Waals surface area contributed by atoms with E-state index in [0.29, 0.717) is 28.3 Å². The van der Waals surface area contributed by atoms with Crippen molar-refractivity contribution in [3.8, 4) is 5.75 Å². The molecular weight excluding hydrogens is 427 g/mol. The number of H-pyrrole nitrogens is 1. The zero-order chi connectivity index (χ0) is 22.7. The maximum absolute atomic E-state index is 14.2. The van der Waals surface area contributed by atoms with Crippen LogP contribution in [0.2, 0.25) is 5.02 Å². The summed E-state index contributed by atoms with van der Waals surface area (Å²) in [5.41, 5.74) is 4.62. The summed E-state index contributed by atoms with van der Waals surface area (Å²) in [5.74, 6) is -0.576. The molecule has 0 unspecified atom stereocenters. The highest BCUT2D eigenvalue weighted by Gasteiger charge is 2.20. The molecule has 32 heavy (non-hydrogen) atoms. The Morgan fingerprint density at radius 3 is 2.75 bits per heavy atom. The SMILES string of the molecule is C=CC(=O)Oc1ccccc1/C(=C(\CC)c1cc(F)ccc1Cl)c1ccc2[nH]ncc2c1. The fourth-order valence-corrected chi connectivity index (χ4v) is 3.96. The number of allylic oxidation sites excluding steroid dienone is 1. The molecular formula is C26H20ClFN2O2. The van der Waals surface area contributed by atoms with Gasteiger partial charge in [-0.15, -0.1) is 0 Å². The van der Waals surface area contributed by atoms with Crippen LogP contribution in [0.25, 0.3) is 22.0 Å². The molecule has 4 rings (SSSR count). The zero-order valence-electron chi connectivity index (χ0n) is 17.4. The van der Waals surface area contributed by atoms with E-state index in [0.717, 1.165) is 33.7 Å². The predicted octanol–water partition coefficient (Wildman–Crippen LogP) is 6.82. The highest BCUT2D eigenvalue weighted by molar-refractivity contribution is 6.32. The van der Waals surface area contributed by atoms with Crippen LogP contribution < -0.4 is 4.74 Å². The molecule has 4 aromatic rings. The number of esters is 1. The van der Waals surface area contributed by atoms with Crippen molar-refractivity contribution in [2.45, 2.75) is 13.3 Å². The fraction of sp³-hybridized carbons (Fsp3) is 0.0769. The summed E-state index contributed by atoms with van der Waals surface area (Å²) in [6, 6.07) is 17.4. The van der Waals surface area contributed by atoms with Gasteiger partial charge in [-0.3, -0.25) is 5.10 Å². The van der Waals surface area contributed by atoms with Crippen molar-refractivity contribution in [3.63, 3.8) is 0 Å². The molecule has 3 aromatic carbocycles. The van der Waals surface area contributed by atoms with Crippen molar-refractivity contribution in [3.05, 3.63) is 107 Å². The molecule has 1 heterocycles. The van der Waals surface area contributed by atoms with Crippen LogP contribution in [0.5, 0.6) is 5.75 Å².